The van der Waals surface area contributed by atoms with Gasteiger partial charge in [0.25, 0.3) is 5.91 Å². The van der Waals surface area contributed by atoms with Crippen LogP contribution in [0.5, 0.6) is 0 Å². The number of nitrogens with two attached hydrogens (primary N) is 1. The van der Waals surface area contributed by atoms with Gasteiger partial charge in [0.1, 0.15) is 0 Å². The number of aliphatic hydroxyl groups is 1. The van der Waals surface area contributed by atoms with Crippen LogP contribution < -0.4 is 11.3 Å². The van der Waals surface area contributed by atoms with Crippen LogP contribution in [0.2, 0.25) is 0 Å². The molecule has 1 unspecified atom stereocenters. The molecule has 0 heterocycles. The lowest BCUT2D eigenvalue weighted by Crippen LogP contribution is -2.29. The van der Waals surface area contributed by atoms with Crippen LogP contribution in [-0.4, -0.2) is 17.6 Å². The predicted molar refractivity (Wildman–Crippen MR) is 57.1 cm³/mol. The number of nitrogen functional groups attached to an aromatic ring is 1. The van der Waals surface area contributed by atoms with Crippen LogP contribution in [0.3, 0.4) is 0 Å². The minimum Gasteiger partial charge on any atom is -0.396 e. The number of nitrogens with zero attached hydrogens (tertiary/aromatic N) is 3. The van der Waals surface area contributed by atoms with Crippen LogP contribution in [0.15, 0.2) is 29.4 Å². The molecule has 0 saturated heterocycles. The van der Waals surface area contributed by atoms with Gasteiger partial charge in [-0.05, 0) is 23.2 Å². The normalized spacial score (nSPS) is 11.4. The zero-order chi connectivity index (χ0) is 12.0. The Morgan fingerprint density at radius 1 is 1.56 bits per heavy atom. The zero-order valence-corrected chi connectivity index (χ0v) is 8.37. The minimum atomic E-state index is -0.639. The largest absolute Gasteiger partial charge is 0.396 e. The molecule has 1 amide bonds. The second-order valence-electron chi connectivity index (χ2n) is 3.00. The summed E-state index contributed by atoms with van der Waals surface area (Å²) in [5.41, 5.74) is 11.3. The number of rotatable bonds is 4. The van der Waals surface area contributed by atoms with Gasteiger partial charge in [0.2, 0.25) is 0 Å². The summed E-state index contributed by atoms with van der Waals surface area (Å²) < 4.78 is 0. The van der Waals surface area contributed by atoms with Crippen LogP contribution in [0.1, 0.15) is 22.0 Å². The van der Waals surface area contributed by atoms with Gasteiger partial charge in [0, 0.05) is 10.5 Å². The number of hydrazine groups is 1. The molecule has 0 aromatic heterocycles. The zero-order valence-electron chi connectivity index (χ0n) is 8.37. The predicted octanol–water partition coefficient (Wildman–Crippen LogP) is 0.634. The number of nitrogens with one attached hydrogen (secondary N) is 1. The van der Waals surface area contributed by atoms with E-state index in [-0.39, 0.29) is 6.61 Å². The van der Waals surface area contributed by atoms with E-state index in [1.807, 2.05) is 5.43 Å². The van der Waals surface area contributed by atoms with Gasteiger partial charge < -0.3 is 5.11 Å². The van der Waals surface area contributed by atoms with Crippen molar-refractivity contribution in [2.75, 3.05) is 6.61 Å². The molecule has 0 aliphatic heterocycles. The van der Waals surface area contributed by atoms with Gasteiger partial charge in [0.05, 0.1) is 12.6 Å². The Labute approximate surface area is 91.5 Å². The van der Waals surface area contributed by atoms with Crippen LogP contribution >= 0.6 is 0 Å². The molecule has 84 valence electrons. The molecule has 1 rings (SSSR count). The summed E-state index contributed by atoms with van der Waals surface area (Å²) in [6.07, 6.45) is 0. The molecule has 0 fully saturated rings. The molecule has 16 heavy (non-hydrogen) atoms. The van der Waals surface area contributed by atoms with Gasteiger partial charge in [0.15, 0.2) is 0 Å². The van der Waals surface area contributed by atoms with Gasteiger partial charge in [-0.25, -0.2) is 5.84 Å². The molecular weight excluding hydrogens is 210 g/mol. The number of carbonyl (C=O) groups is 1. The fraction of sp³-hybridized carbons (Fsp3) is 0.222. The maximum atomic E-state index is 11.1. The first-order chi connectivity index (χ1) is 7.72. The Balaban J connectivity index is 2.93. The lowest BCUT2D eigenvalue weighted by atomic mass is 10.1. The highest BCUT2D eigenvalue weighted by Gasteiger charge is 2.09. The van der Waals surface area contributed by atoms with Gasteiger partial charge in [-0.2, -0.15) is 0 Å². The average molecular weight is 221 g/mol. The standard InChI is InChI=1S/C9H11N5O2/c10-12-9(16)7-3-1-6(2-4-7)8(5-15)13-14-11/h1-4,8,15H,5,10H2,(H,12,16). The summed E-state index contributed by atoms with van der Waals surface area (Å²) in [6.45, 7) is -0.285. The van der Waals surface area contributed by atoms with E-state index in [0.717, 1.165) is 0 Å². The lowest BCUT2D eigenvalue weighted by molar-refractivity contribution is 0.0953. The fourth-order valence-corrected chi connectivity index (χ4v) is 1.21. The summed E-state index contributed by atoms with van der Waals surface area (Å²) in [5, 5.41) is 12.4. The highest BCUT2D eigenvalue weighted by molar-refractivity contribution is 5.93. The Kier molecular flexibility index (Phi) is 4.28. The molecule has 0 spiro atoms. The lowest BCUT2D eigenvalue weighted by Gasteiger charge is -2.08. The molecule has 0 aliphatic carbocycles. The van der Waals surface area contributed by atoms with Crippen molar-refractivity contribution in [3.05, 3.63) is 45.8 Å². The molecule has 0 aliphatic rings. The topological polar surface area (TPSA) is 124 Å². The minimum absolute atomic E-state index is 0.285. The van der Waals surface area contributed by atoms with Crippen molar-refractivity contribution in [1.82, 2.24) is 5.43 Å². The molecule has 4 N–H and O–H groups in total. The van der Waals surface area contributed by atoms with Crippen molar-refractivity contribution in [1.29, 1.82) is 0 Å². The van der Waals surface area contributed by atoms with Crippen molar-refractivity contribution in [2.24, 2.45) is 11.0 Å². The quantitative estimate of drug-likeness (QED) is 0.172. The third-order valence-corrected chi connectivity index (χ3v) is 2.05. The fourth-order valence-electron chi connectivity index (χ4n) is 1.21. The maximum absolute atomic E-state index is 11.1. The van der Waals surface area contributed by atoms with E-state index in [2.05, 4.69) is 10.0 Å². The number of hydrogen-bond donors (Lipinski definition) is 3. The van der Waals surface area contributed by atoms with E-state index in [1.165, 1.54) is 12.1 Å². The van der Waals surface area contributed by atoms with E-state index in [9.17, 15) is 4.79 Å². The monoisotopic (exact) mass is 221 g/mol. The van der Waals surface area contributed by atoms with Crippen molar-refractivity contribution in [3.8, 4) is 0 Å². The Bertz CT molecular complexity index is 410. The average Bonchev–Trinajstić information content (AvgIpc) is 2.35. The van der Waals surface area contributed by atoms with Crippen LogP contribution in [0, 0.1) is 0 Å². The van der Waals surface area contributed by atoms with Crippen molar-refractivity contribution in [2.45, 2.75) is 6.04 Å². The maximum Gasteiger partial charge on any atom is 0.265 e. The van der Waals surface area contributed by atoms with Crippen LogP contribution in [0.4, 0.5) is 0 Å². The SMILES string of the molecule is [N-]=[N+]=NC(CO)c1ccc(C(=O)NN)cc1. The smallest absolute Gasteiger partial charge is 0.265 e. The molecule has 1 atom stereocenters. The second-order valence-corrected chi connectivity index (χ2v) is 3.00. The van der Waals surface area contributed by atoms with Gasteiger partial charge in [-0.3, -0.25) is 10.2 Å². The first-order valence-corrected chi connectivity index (χ1v) is 4.49. The number of azide groups is 1. The molecule has 0 saturated carbocycles. The van der Waals surface area contributed by atoms with Crippen molar-refractivity contribution < 1.29 is 9.90 Å². The third kappa shape index (κ3) is 2.71. The van der Waals surface area contributed by atoms with Gasteiger partial charge in [-0.1, -0.05) is 17.2 Å². The number of aliphatic hydroxyl groups excluding tert-OH is 1. The van der Waals surface area contributed by atoms with Crippen LogP contribution in [-0.2, 0) is 0 Å². The molecule has 1 aromatic rings. The molecule has 1 aromatic carbocycles. The Morgan fingerprint density at radius 2 is 2.19 bits per heavy atom. The van der Waals surface area contributed by atoms with Gasteiger partial charge >= 0.3 is 0 Å². The summed E-state index contributed by atoms with van der Waals surface area (Å²) >= 11 is 0. The highest BCUT2D eigenvalue weighted by atomic mass is 16.3. The molecule has 0 bridgehead atoms. The second kappa shape index (κ2) is 5.72. The molecular formula is C9H11N5O2. The van der Waals surface area contributed by atoms with Crippen LogP contribution in [0.25, 0.3) is 10.4 Å². The summed E-state index contributed by atoms with van der Waals surface area (Å²) in [6, 6.07) is 5.63. The van der Waals surface area contributed by atoms with E-state index in [1.54, 1.807) is 12.1 Å². The summed E-state index contributed by atoms with van der Waals surface area (Å²) in [4.78, 5) is 13.7. The van der Waals surface area contributed by atoms with E-state index in [0.29, 0.717) is 11.1 Å². The first kappa shape index (κ1) is 12.0. The van der Waals surface area contributed by atoms with E-state index < -0.39 is 11.9 Å². The number of hydrogen-bond acceptors (Lipinski definition) is 4. The molecule has 7 heteroatoms. The van der Waals surface area contributed by atoms with E-state index in [4.69, 9.17) is 16.5 Å². The number of carbonyl (C=O) groups excluding carboxylic acids is 1. The number of benzene rings is 1. The van der Waals surface area contributed by atoms with Gasteiger partial charge in [-0.15, -0.1) is 0 Å². The third-order valence-electron chi connectivity index (χ3n) is 2.05. The Hall–Kier alpha value is -2.08. The summed E-state index contributed by atoms with van der Waals surface area (Å²) in [5.74, 6) is 4.56. The highest BCUT2D eigenvalue weighted by Crippen LogP contribution is 2.17. The Morgan fingerprint density at radius 3 is 2.62 bits per heavy atom. The molecule has 0 radical (unpaired) electrons. The van der Waals surface area contributed by atoms with E-state index >= 15 is 0 Å². The van der Waals surface area contributed by atoms with Crippen molar-refractivity contribution in [3.63, 3.8) is 0 Å². The number of amides is 1. The first-order valence-electron chi connectivity index (χ1n) is 4.49. The summed E-state index contributed by atoms with van der Waals surface area (Å²) in [7, 11) is 0. The molecule has 7 nitrogen and oxygen atoms in total. The van der Waals surface area contributed by atoms with Crippen molar-refractivity contribution >= 4 is 5.91 Å².